The van der Waals surface area contributed by atoms with Gasteiger partial charge in [0.15, 0.2) is 0 Å². The minimum Gasteiger partial charge on any atom is -0.355 e. The molecule has 1 N–H and O–H groups in total. The molecule has 0 saturated carbocycles. The zero-order chi connectivity index (χ0) is 19.9. The summed E-state index contributed by atoms with van der Waals surface area (Å²) in [6.07, 6.45) is 3.26. The van der Waals surface area contributed by atoms with E-state index in [2.05, 4.69) is 5.32 Å². The molecule has 0 bridgehead atoms. The molecular formula is C22H23N3O3. The van der Waals surface area contributed by atoms with Gasteiger partial charge >= 0.3 is 0 Å². The fourth-order valence-electron chi connectivity index (χ4n) is 3.06. The van der Waals surface area contributed by atoms with Gasteiger partial charge in [-0.05, 0) is 35.9 Å². The van der Waals surface area contributed by atoms with Crippen LogP contribution in [0.4, 0.5) is 0 Å². The van der Waals surface area contributed by atoms with E-state index in [0.717, 1.165) is 5.56 Å². The lowest BCUT2D eigenvalue weighted by Crippen LogP contribution is -2.50. The van der Waals surface area contributed by atoms with E-state index in [0.29, 0.717) is 37.3 Å². The molecule has 1 fully saturated rings. The summed E-state index contributed by atoms with van der Waals surface area (Å²) in [4.78, 5) is 39.9. The first kappa shape index (κ1) is 19.4. The van der Waals surface area contributed by atoms with Gasteiger partial charge in [-0.1, -0.05) is 30.3 Å². The summed E-state index contributed by atoms with van der Waals surface area (Å²) >= 11 is 0. The summed E-state index contributed by atoms with van der Waals surface area (Å²) in [5, 5.41) is 2.57. The third-order valence-corrected chi connectivity index (χ3v) is 4.72. The number of nitrogens with zero attached hydrogens (tertiary/aromatic N) is 2. The molecule has 1 aliphatic heterocycles. The van der Waals surface area contributed by atoms with E-state index < -0.39 is 0 Å². The second kappa shape index (κ2) is 8.99. The number of piperazine rings is 1. The third kappa shape index (κ3) is 4.65. The van der Waals surface area contributed by atoms with Crippen LogP contribution in [0.5, 0.6) is 0 Å². The molecule has 2 aromatic rings. The first-order valence-corrected chi connectivity index (χ1v) is 9.22. The molecule has 1 saturated heterocycles. The normalized spacial score (nSPS) is 14.2. The van der Waals surface area contributed by atoms with Gasteiger partial charge in [0.2, 0.25) is 5.91 Å². The summed E-state index contributed by atoms with van der Waals surface area (Å²) in [6.45, 7) is 2.07. The van der Waals surface area contributed by atoms with Crippen LogP contribution in [0, 0.1) is 0 Å². The highest BCUT2D eigenvalue weighted by Crippen LogP contribution is 2.10. The molecule has 6 nitrogen and oxygen atoms in total. The van der Waals surface area contributed by atoms with Crippen molar-refractivity contribution in [1.29, 1.82) is 0 Å². The number of carbonyl (C=O) groups is 3. The van der Waals surface area contributed by atoms with Gasteiger partial charge in [-0.15, -0.1) is 0 Å². The van der Waals surface area contributed by atoms with Gasteiger partial charge in [0.1, 0.15) is 0 Å². The van der Waals surface area contributed by atoms with E-state index in [1.54, 1.807) is 59.3 Å². The zero-order valence-electron chi connectivity index (χ0n) is 15.8. The first-order valence-electron chi connectivity index (χ1n) is 9.22. The van der Waals surface area contributed by atoms with Gasteiger partial charge in [-0.3, -0.25) is 14.4 Å². The topological polar surface area (TPSA) is 69.7 Å². The summed E-state index contributed by atoms with van der Waals surface area (Å²) < 4.78 is 0. The molecule has 0 spiro atoms. The molecule has 3 amide bonds. The van der Waals surface area contributed by atoms with E-state index in [-0.39, 0.29) is 17.7 Å². The monoisotopic (exact) mass is 377 g/mol. The van der Waals surface area contributed by atoms with Gasteiger partial charge in [0.05, 0.1) is 0 Å². The summed E-state index contributed by atoms with van der Waals surface area (Å²) in [5.41, 5.74) is 2.09. The lowest BCUT2D eigenvalue weighted by atomic mass is 10.1. The molecule has 0 radical (unpaired) electrons. The van der Waals surface area contributed by atoms with E-state index in [1.807, 2.05) is 18.2 Å². The molecule has 28 heavy (non-hydrogen) atoms. The molecule has 3 rings (SSSR count). The van der Waals surface area contributed by atoms with Crippen LogP contribution >= 0.6 is 0 Å². The highest BCUT2D eigenvalue weighted by Gasteiger charge is 2.23. The fourth-order valence-corrected chi connectivity index (χ4v) is 3.06. The van der Waals surface area contributed by atoms with Crippen molar-refractivity contribution in [2.75, 3.05) is 33.2 Å². The molecule has 144 valence electrons. The summed E-state index contributed by atoms with van der Waals surface area (Å²) in [5.74, 6) is -0.226. The Morgan fingerprint density at radius 1 is 0.821 bits per heavy atom. The van der Waals surface area contributed by atoms with Gasteiger partial charge in [-0.2, -0.15) is 0 Å². The van der Waals surface area contributed by atoms with Crippen molar-refractivity contribution in [1.82, 2.24) is 15.1 Å². The SMILES string of the molecule is CNC(=O)c1ccc(/C=C/C(=O)N2CCN(C(=O)c3ccccc3)CC2)cc1. The van der Waals surface area contributed by atoms with Crippen molar-refractivity contribution in [3.05, 3.63) is 77.4 Å². The number of benzene rings is 2. The Morgan fingerprint density at radius 2 is 1.43 bits per heavy atom. The molecule has 0 unspecified atom stereocenters. The first-order chi connectivity index (χ1) is 13.6. The molecule has 1 heterocycles. The van der Waals surface area contributed by atoms with Crippen LogP contribution in [0.3, 0.4) is 0 Å². The zero-order valence-corrected chi connectivity index (χ0v) is 15.8. The van der Waals surface area contributed by atoms with Crippen LogP contribution < -0.4 is 5.32 Å². The van der Waals surface area contributed by atoms with Crippen molar-refractivity contribution in [3.63, 3.8) is 0 Å². The summed E-state index contributed by atoms with van der Waals surface area (Å²) in [7, 11) is 1.59. The van der Waals surface area contributed by atoms with Crippen molar-refractivity contribution in [2.45, 2.75) is 0 Å². The maximum atomic E-state index is 12.5. The lowest BCUT2D eigenvalue weighted by molar-refractivity contribution is -0.127. The second-order valence-corrected chi connectivity index (χ2v) is 6.52. The van der Waals surface area contributed by atoms with Crippen LogP contribution in [0.1, 0.15) is 26.3 Å². The molecule has 0 aromatic heterocycles. The van der Waals surface area contributed by atoms with Crippen LogP contribution in [0.25, 0.3) is 6.08 Å². The minimum atomic E-state index is -0.144. The number of amides is 3. The second-order valence-electron chi connectivity index (χ2n) is 6.52. The Morgan fingerprint density at radius 3 is 2.04 bits per heavy atom. The van der Waals surface area contributed by atoms with Crippen LogP contribution in [0.2, 0.25) is 0 Å². The van der Waals surface area contributed by atoms with E-state index >= 15 is 0 Å². The number of carbonyl (C=O) groups excluding carboxylic acids is 3. The summed E-state index contributed by atoms with van der Waals surface area (Å²) in [6, 6.07) is 16.2. The Balaban J connectivity index is 1.53. The molecule has 2 aromatic carbocycles. The van der Waals surface area contributed by atoms with Crippen molar-refractivity contribution < 1.29 is 14.4 Å². The third-order valence-electron chi connectivity index (χ3n) is 4.72. The average molecular weight is 377 g/mol. The molecule has 0 aliphatic carbocycles. The lowest BCUT2D eigenvalue weighted by Gasteiger charge is -2.34. The van der Waals surface area contributed by atoms with E-state index in [4.69, 9.17) is 0 Å². The predicted molar refractivity (Wildman–Crippen MR) is 108 cm³/mol. The maximum Gasteiger partial charge on any atom is 0.253 e. The maximum absolute atomic E-state index is 12.5. The molecule has 6 heteroatoms. The number of hydrogen-bond donors (Lipinski definition) is 1. The van der Waals surface area contributed by atoms with Crippen LogP contribution in [-0.2, 0) is 4.79 Å². The number of nitrogens with one attached hydrogen (secondary N) is 1. The minimum absolute atomic E-state index is 0.000512. The molecule has 1 aliphatic rings. The predicted octanol–water partition coefficient (Wildman–Crippen LogP) is 2.04. The van der Waals surface area contributed by atoms with Crippen molar-refractivity contribution in [2.24, 2.45) is 0 Å². The highest BCUT2D eigenvalue weighted by atomic mass is 16.2. The van der Waals surface area contributed by atoms with Crippen molar-refractivity contribution in [3.8, 4) is 0 Å². The Bertz CT molecular complexity index is 868. The standard InChI is InChI=1S/C22H23N3O3/c1-23-21(27)18-10-7-17(8-11-18)9-12-20(26)24-13-15-25(16-14-24)22(28)19-5-3-2-4-6-19/h2-12H,13-16H2,1H3,(H,23,27)/b12-9+. The van der Waals surface area contributed by atoms with Gasteiger partial charge < -0.3 is 15.1 Å². The Kier molecular flexibility index (Phi) is 6.22. The number of hydrogen-bond acceptors (Lipinski definition) is 3. The largest absolute Gasteiger partial charge is 0.355 e. The van der Waals surface area contributed by atoms with Gasteiger partial charge in [0.25, 0.3) is 11.8 Å². The number of rotatable bonds is 4. The van der Waals surface area contributed by atoms with Crippen molar-refractivity contribution >= 4 is 23.8 Å². The van der Waals surface area contributed by atoms with Gasteiger partial charge in [-0.25, -0.2) is 0 Å². The van der Waals surface area contributed by atoms with Crippen LogP contribution in [-0.4, -0.2) is 60.7 Å². The van der Waals surface area contributed by atoms with E-state index in [1.165, 1.54) is 6.08 Å². The Labute approximate surface area is 164 Å². The smallest absolute Gasteiger partial charge is 0.253 e. The molecular weight excluding hydrogens is 354 g/mol. The molecule has 0 atom stereocenters. The quantitative estimate of drug-likeness (QED) is 0.829. The average Bonchev–Trinajstić information content (AvgIpc) is 2.77. The Hall–Kier alpha value is -3.41. The van der Waals surface area contributed by atoms with Crippen LogP contribution in [0.15, 0.2) is 60.7 Å². The highest BCUT2D eigenvalue weighted by molar-refractivity contribution is 5.96. The fraction of sp³-hybridized carbons (Fsp3) is 0.227. The van der Waals surface area contributed by atoms with Gasteiger partial charge in [0, 0.05) is 50.4 Å². The van der Waals surface area contributed by atoms with E-state index in [9.17, 15) is 14.4 Å².